The molecule has 2 unspecified atom stereocenters. The Hall–Kier alpha value is -1.59. The molecule has 0 aliphatic carbocycles. The highest BCUT2D eigenvalue weighted by atomic mass is 16.7. The predicted octanol–water partition coefficient (Wildman–Crippen LogP) is 2.12. The van der Waals surface area contributed by atoms with Gasteiger partial charge in [-0.05, 0) is 26.0 Å². The van der Waals surface area contributed by atoms with Gasteiger partial charge >= 0.3 is 5.97 Å². The zero-order valence-corrected chi connectivity index (χ0v) is 10.5. The number of ether oxygens (including phenoxy) is 3. The maximum absolute atomic E-state index is 11.2. The first-order valence-corrected chi connectivity index (χ1v) is 5.72. The molecular weight excluding hydrogens is 236 g/mol. The number of carbonyl (C=O) groups is 1. The van der Waals surface area contributed by atoms with Crippen LogP contribution < -0.4 is 0 Å². The summed E-state index contributed by atoms with van der Waals surface area (Å²) in [6.07, 6.45) is -0.795. The third-order valence-corrected chi connectivity index (χ3v) is 2.49. The third-order valence-electron chi connectivity index (χ3n) is 2.49. The quantitative estimate of drug-likeness (QED) is 0.607. The van der Waals surface area contributed by atoms with E-state index >= 15 is 0 Å². The van der Waals surface area contributed by atoms with Gasteiger partial charge in [0.15, 0.2) is 5.76 Å². The van der Waals surface area contributed by atoms with E-state index in [2.05, 4.69) is 6.58 Å². The lowest BCUT2D eigenvalue weighted by Gasteiger charge is -2.10. The fourth-order valence-electron chi connectivity index (χ4n) is 1.56. The van der Waals surface area contributed by atoms with Gasteiger partial charge in [-0.2, -0.15) is 0 Å². The molecule has 2 atom stereocenters. The summed E-state index contributed by atoms with van der Waals surface area (Å²) in [5, 5.41) is 0. The molecule has 5 nitrogen and oxygen atoms in total. The van der Waals surface area contributed by atoms with E-state index in [0.29, 0.717) is 17.9 Å². The minimum Gasteiger partial charge on any atom is -0.461 e. The first-order chi connectivity index (χ1) is 8.56. The van der Waals surface area contributed by atoms with Crippen LogP contribution in [-0.2, 0) is 19.0 Å². The van der Waals surface area contributed by atoms with Gasteiger partial charge in [0.1, 0.15) is 18.5 Å². The van der Waals surface area contributed by atoms with Gasteiger partial charge in [-0.25, -0.2) is 4.79 Å². The Labute approximate surface area is 105 Å². The molecule has 0 radical (unpaired) electrons. The van der Waals surface area contributed by atoms with Gasteiger partial charge in [0, 0.05) is 5.57 Å². The van der Waals surface area contributed by atoms with Crippen molar-refractivity contribution in [2.75, 3.05) is 13.2 Å². The van der Waals surface area contributed by atoms with Crippen LogP contribution in [0.15, 0.2) is 28.7 Å². The van der Waals surface area contributed by atoms with Gasteiger partial charge in [-0.1, -0.05) is 6.58 Å². The summed E-state index contributed by atoms with van der Waals surface area (Å²) < 4.78 is 21.4. The zero-order valence-electron chi connectivity index (χ0n) is 10.5. The van der Waals surface area contributed by atoms with Crippen LogP contribution in [0.5, 0.6) is 0 Å². The Morgan fingerprint density at radius 1 is 1.56 bits per heavy atom. The van der Waals surface area contributed by atoms with Crippen molar-refractivity contribution in [1.82, 2.24) is 0 Å². The van der Waals surface area contributed by atoms with Gasteiger partial charge in [0.25, 0.3) is 0 Å². The standard InChI is InChI=1S/C13H16O5/c1-8(2)12(14)15-6-10-7-16-13(18-10)11-5-4-9(3)17-11/h4-5,10,13H,1,6-7H2,2-3H3. The Bertz CT molecular complexity index is 448. The number of carbonyl (C=O) groups excluding carboxylic acids is 1. The maximum Gasteiger partial charge on any atom is 0.333 e. The summed E-state index contributed by atoms with van der Waals surface area (Å²) in [6.45, 7) is 7.48. The van der Waals surface area contributed by atoms with E-state index < -0.39 is 12.3 Å². The number of esters is 1. The van der Waals surface area contributed by atoms with E-state index in [9.17, 15) is 4.79 Å². The van der Waals surface area contributed by atoms with Gasteiger partial charge in [0.05, 0.1) is 6.61 Å². The highest BCUT2D eigenvalue weighted by Crippen LogP contribution is 2.28. The molecule has 1 aliphatic rings. The molecular formula is C13H16O5. The molecule has 1 aliphatic heterocycles. The van der Waals surface area contributed by atoms with E-state index in [1.54, 1.807) is 6.92 Å². The smallest absolute Gasteiger partial charge is 0.333 e. The molecule has 98 valence electrons. The molecule has 0 saturated carbocycles. The lowest BCUT2D eigenvalue weighted by Crippen LogP contribution is -2.20. The van der Waals surface area contributed by atoms with Crippen LogP contribution in [0.2, 0.25) is 0 Å². The average molecular weight is 252 g/mol. The van der Waals surface area contributed by atoms with Crippen molar-refractivity contribution in [2.45, 2.75) is 26.2 Å². The normalized spacial score (nSPS) is 23.0. The molecule has 1 aromatic heterocycles. The van der Waals surface area contributed by atoms with E-state index in [4.69, 9.17) is 18.6 Å². The van der Waals surface area contributed by atoms with Crippen molar-refractivity contribution in [3.05, 3.63) is 35.8 Å². The summed E-state index contributed by atoms with van der Waals surface area (Å²) in [6, 6.07) is 3.65. The second-order valence-corrected chi connectivity index (χ2v) is 4.25. The SMILES string of the molecule is C=C(C)C(=O)OCC1COC(c2ccc(C)o2)O1. The molecule has 5 heteroatoms. The Kier molecular flexibility index (Phi) is 3.84. The molecule has 0 N–H and O–H groups in total. The van der Waals surface area contributed by atoms with Crippen LogP contribution in [0.4, 0.5) is 0 Å². The van der Waals surface area contributed by atoms with Crippen LogP contribution in [0, 0.1) is 6.92 Å². The Balaban J connectivity index is 1.82. The van der Waals surface area contributed by atoms with Gasteiger partial charge in [-0.15, -0.1) is 0 Å². The van der Waals surface area contributed by atoms with E-state index in [-0.39, 0.29) is 12.7 Å². The molecule has 0 bridgehead atoms. The maximum atomic E-state index is 11.2. The zero-order chi connectivity index (χ0) is 13.1. The van der Waals surface area contributed by atoms with Crippen molar-refractivity contribution in [3.8, 4) is 0 Å². The number of furan rings is 1. The van der Waals surface area contributed by atoms with Crippen molar-refractivity contribution in [2.24, 2.45) is 0 Å². The lowest BCUT2D eigenvalue weighted by atomic mass is 10.3. The molecule has 2 rings (SSSR count). The molecule has 0 spiro atoms. The van der Waals surface area contributed by atoms with Crippen LogP contribution in [0.3, 0.4) is 0 Å². The summed E-state index contributed by atoms with van der Waals surface area (Å²) in [7, 11) is 0. The highest BCUT2D eigenvalue weighted by molar-refractivity contribution is 5.86. The first kappa shape index (κ1) is 12.9. The number of aryl methyl sites for hydroxylation is 1. The average Bonchev–Trinajstić information content (AvgIpc) is 2.94. The number of rotatable bonds is 4. The minimum absolute atomic E-state index is 0.155. The van der Waals surface area contributed by atoms with Gasteiger partial charge in [0.2, 0.25) is 6.29 Å². The lowest BCUT2D eigenvalue weighted by molar-refractivity contribution is -0.144. The summed E-state index contributed by atoms with van der Waals surface area (Å²) >= 11 is 0. The van der Waals surface area contributed by atoms with Gasteiger partial charge < -0.3 is 18.6 Å². The van der Waals surface area contributed by atoms with Crippen molar-refractivity contribution in [3.63, 3.8) is 0 Å². The molecule has 1 aromatic rings. The second-order valence-electron chi connectivity index (χ2n) is 4.25. The predicted molar refractivity (Wildman–Crippen MR) is 62.8 cm³/mol. The summed E-state index contributed by atoms with van der Waals surface area (Å²) in [5.74, 6) is 1.01. The molecule has 2 heterocycles. The summed E-state index contributed by atoms with van der Waals surface area (Å²) in [4.78, 5) is 11.2. The molecule has 0 aromatic carbocycles. The molecule has 18 heavy (non-hydrogen) atoms. The second kappa shape index (κ2) is 5.37. The minimum atomic E-state index is -0.521. The largest absolute Gasteiger partial charge is 0.461 e. The Morgan fingerprint density at radius 3 is 2.94 bits per heavy atom. The number of hydrogen-bond acceptors (Lipinski definition) is 5. The monoisotopic (exact) mass is 252 g/mol. The Morgan fingerprint density at radius 2 is 2.33 bits per heavy atom. The van der Waals surface area contributed by atoms with Crippen LogP contribution in [0.25, 0.3) is 0 Å². The van der Waals surface area contributed by atoms with Crippen molar-refractivity contribution >= 4 is 5.97 Å². The van der Waals surface area contributed by atoms with E-state index in [1.807, 2.05) is 19.1 Å². The highest BCUT2D eigenvalue weighted by Gasteiger charge is 2.30. The van der Waals surface area contributed by atoms with Crippen LogP contribution in [-0.4, -0.2) is 25.3 Å². The van der Waals surface area contributed by atoms with E-state index in [1.165, 1.54) is 0 Å². The fourth-order valence-corrected chi connectivity index (χ4v) is 1.56. The molecule has 1 saturated heterocycles. The van der Waals surface area contributed by atoms with Gasteiger partial charge in [-0.3, -0.25) is 0 Å². The molecule has 0 amide bonds. The first-order valence-electron chi connectivity index (χ1n) is 5.72. The van der Waals surface area contributed by atoms with Crippen molar-refractivity contribution in [1.29, 1.82) is 0 Å². The van der Waals surface area contributed by atoms with Crippen LogP contribution in [0.1, 0.15) is 24.7 Å². The topological polar surface area (TPSA) is 57.9 Å². The number of hydrogen-bond donors (Lipinski definition) is 0. The van der Waals surface area contributed by atoms with E-state index in [0.717, 1.165) is 5.76 Å². The molecule has 1 fully saturated rings. The van der Waals surface area contributed by atoms with Crippen LogP contribution >= 0.6 is 0 Å². The van der Waals surface area contributed by atoms with Crippen molar-refractivity contribution < 1.29 is 23.4 Å². The summed E-state index contributed by atoms with van der Waals surface area (Å²) in [5.41, 5.74) is 0.368. The third kappa shape index (κ3) is 3.00. The fraction of sp³-hybridized carbons (Fsp3) is 0.462.